The maximum Gasteiger partial charge on any atom is 0.338 e. The van der Waals surface area contributed by atoms with Crippen molar-refractivity contribution < 1.29 is 53.4 Å². The van der Waals surface area contributed by atoms with Crippen LogP contribution in [0, 0.1) is 39.4 Å². The van der Waals surface area contributed by atoms with E-state index >= 15 is 0 Å². The number of esters is 2. The summed E-state index contributed by atoms with van der Waals surface area (Å²) in [6.07, 6.45) is 5.29. The third-order valence-electron chi connectivity index (χ3n) is 13.1. The minimum Gasteiger partial charge on any atom is -0.437 e. The Kier molecular flexibility index (Phi) is 43.6. The van der Waals surface area contributed by atoms with E-state index in [0.29, 0.717) is 6.42 Å². The highest BCUT2D eigenvalue weighted by Gasteiger charge is 2.57. The van der Waals surface area contributed by atoms with E-state index in [1.54, 1.807) is 12.1 Å². The molecule has 16 nitrogen and oxygen atoms in total. The standard InChI is InChI=1S/C18H12ClNO.C16H26N2O4Si3.C10H28O2Si3.C8H24O2Si3.C4H2O3.C4H10.C2H6ClN.C2H6.CH4/c19-17(21)18(10-20)9-15-11-5-1-3-7-13(11)16(18)14-8-4-2-6-12(14)15;1-13(9-17)15(19)11-23(3,4)21-25(7,8)22-24(5,6)12-16(20)14(2)10-18;1-9-13(3,4)11-15(7,8)12-14(5,6)10-2;1-11(2,3)9-13(7,8)10-12(4,5)6;5-3-1-2-4(6)7-3;1-3-4-2;1-2-4-3;1-2;/h1-8,15-16H,9H2;1-2,11-12H2,3-8H3;9-10H2,1-8H3;1-8H3;1-2H;3-4H2,1-2H3;4H,2H2,1H3;1-2H3;1H4. The lowest BCUT2D eigenvalue weighted by Gasteiger charge is -2.48. The van der Waals surface area contributed by atoms with Crippen LogP contribution in [0.1, 0.15) is 109 Å². The molecule has 2 bridgehead atoms. The number of carbonyl (C=O) groups is 5. The van der Waals surface area contributed by atoms with Crippen LogP contribution < -0.4 is 4.84 Å². The zero-order chi connectivity index (χ0) is 72.0. The van der Waals surface area contributed by atoms with Gasteiger partial charge in [-0.05, 0) is 195 Å². The van der Waals surface area contributed by atoms with Crippen LogP contribution in [-0.2, 0) is 53.4 Å². The number of unbranched alkanes of at least 4 members (excludes halogenated alkanes) is 1. The number of allylic oxidation sites excluding steroid dienone is 2. The van der Waals surface area contributed by atoms with E-state index < -0.39 is 98.2 Å². The van der Waals surface area contributed by atoms with Gasteiger partial charge in [-0.15, -0.1) is 0 Å². The van der Waals surface area contributed by atoms with E-state index in [1.807, 2.05) is 96.5 Å². The van der Waals surface area contributed by atoms with Crippen molar-refractivity contribution in [3.8, 4) is 18.2 Å². The fraction of sp³-hybridized carbons (Fsp3) is 0.600. The average molecular weight is 1470 g/mol. The molecule has 0 saturated carbocycles. The van der Waals surface area contributed by atoms with Gasteiger partial charge in [0.15, 0.2) is 61.5 Å². The Morgan fingerprint density at radius 1 is 0.554 bits per heavy atom. The van der Waals surface area contributed by atoms with E-state index in [2.05, 4.69) is 160 Å². The van der Waals surface area contributed by atoms with Crippen LogP contribution in [-0.4, -0.2) is 111 Å². The van der Waals surface area contributed by atoms with Crippen molar-refractivity contribution in [2.45, 2.75) is 242 Å². The number of hydrogen-bond acceptors (Lipinski definition) is 16. The minimum absolute atomic E-state index is 0. The molecule has 27 heteroatoms. The summed E-state index contributed by atoms with van der Waals surface area (Å²) in [4.78, 5) is 58.2. The largest absolute Gasteiger partial charge is 0.437 e. The highest BCUT2D eigenvalue weighted by molar-refractivity contribution is 6.90. The van der Waals surface area contributed by atoms with Gasteiger partial charge >= 0.3 is 37.6 Å². The van der Waals surface area contributed by atoms with Crippen molar-refractivity contribution >= 4 is 128 Å². The Bertz CT molecular complexity index is 2710. The number of carbonyl (C=O) groups excluding carboxylic acids is 5. The molecule has 6 rings (SSSR count). The van der Waals surface area contributed by atoms with Crippen LogP contribution >= 0.6 is 23.4 Å². The highest BCUT2D eigenvalue weighted by atomic mass is 35.5. The molecule has 1 N–H and O–H groups in total. The molecule has 92 heavy (non-hydrogen) atoms. The van der Waals surface area contributed by atoms with E-state index in [0.717, 1.165) is 29.8 Å². The molecule has 1 atom stereocenters. The van der Waals surface area contributed by atoms with E-state index in [1.165, 1.54) is 36.1 Å². The molecule has 1 heterocycles. The van der Waals surface area contributed by atoms with Crippen molar-refractivity contribution in [3.63, 3.8) is 0 Å². The van der Waals surface area contributed by atoms with Gasteiger partial charge in [-0.3, -0.25) is 14.4 Å². The fourth-order valence-electron chi connectivity index (χ4n) is 9.89. The van der Waals surface area contributed by atoms with Gasteiger partial charge in [0.05, 0.1) is 17.2 Å². The molecule has 0 aromatic heterocycles. The summed E-state index contributed by atoms with van der Waals surface area (Å²) in [5, 5.41) is 26.7. The first kappa shape index (κ1) is 94.9. The number of halogens is 2. The quantitative estimate of drug-likeness (QED) is 0.0207. The minimum atomic E-state index is -2.60. The van der Waals surface area contributed by atoms with Gasteiger partial charge in [0.25, 0.3) is 0 Å². The van der Waals surface area contributed by atoms with Gasteiger partial charge in [0.2, 0.25) is 5.24 Å². The highest BCUT2D eigenvalue weighted by Crippen LogP contribution is 2.61. The molecule has 0 amide bonds. The molecular formula is C65H118Cl2N4O12Si9. The van der Waals surface area contributed by atoms with Crippen LogP contribution in [0.15, 0.2) is 85.0 Å². The number of nitriles is 3. The maximum atomic E-state index is 12.1. The maximum absolute atomic E-state index is 12.1. The Labute approximate surface area is 577 Å². The number of rotatable bonds is 23. The molecule has 520 valence electrons. The van der Waals surface area contributed by atoms with E-state index in [-0.39, 0.29) is 54.1 Å². The lowest BCUT2D eigenvalue weighted by Crippen LogP contribution is -2.53. The molecule has 1 aliphatic heterocycles. The monoisotopic (exact) mass is 1470 g/mol. The van der Waals surface area contributed by atoms with E-state index in [9.17, 15) is 29.2 Å². The van der Waals surface area contributed by atoms with Crippen LogP contribution in [0.3, 0.4) is 0 Å². The van der Waals surface area contributed by atoms with Crippen molar-refractivity contribution in [2.75, 3.05) is 6.54 Å². The molecule has 0 spiro atoms. The number of fused-ring (bicyclic) bond motifs is 1. The zero-order valence-electron chi connectivity index (χ0n) is 60.5. The normalized spacial score (nSPS) is 16.2. The molecule has 2 aromatic carbocycles. The second kappa shape index (κ2) is 42.3. The molecule has 0 saturated heterocycles. The topological polar surface area (TPSA) is 233 Å². The predicted molar refractivity (Wildman–Crippen MR) is 404 cm³/mol. The fourth-order valence-corrected chi connectivity index (χ4v) is 48.5. The first-order chi connectivity index (χ1) is 41.4. The first-order valence-corrected chi connectivity index (χ1v) is 59.9. The van der Waals surface area contributed by atoms with Crippen molar-refractivity contribution in [1.82, 2.24) is 4.84 Å². The lowest BCUT2D eigenvalue weighted by atomic mass is 9.53. The SMILES string of the molecule is C.C=C(C#N)C(=O)C[Si](C)(C)O[Si](C)(C)O[Si](C)(C)CC(=O)C(=C)C#N.CC.CCCC.CCNCl.CC[Si](C)(C)O[Si](C)(C)O[Si](C)(C)CC.C[Si](C)(C)O[Si](C)(C)O[Si](C)(C)C.N#CC1(C(=O)Cl)CC2c3ccccc3C1c1ccccc12.O=C1C=CC(=O)O1. The molecule has 0 fully saturated rings. The van der Waals surface area contributed by atoms with Crippen LogP contribution in [0.25, 0.3) is 0 Å². The summed E-state index contributed by atoms with van der Waals surface area (Å²) in [7, 11) is -17.0. The summed E-state index contributed by atoms with van der Waals surface area (Å²) >= 11 is 10.8. The Morgan fingerprint density at radius 2 is 0.837 bits per heavy atom. The van der Waals surface area contributed by atoms with Gasteiger partial charge in [0, 0.05) is 42.6 Å². The number of hydrogen-bond donors (Lipinski definition) is 1. The van der Waals surface area contributed by atoms with E-state index in [4.69, 9.17) is 58.6 Å². The summed E-state index contributed by atoms with van der Waals surface area (Å²) in [6, 6.07) is 24.6. The van der Waals surface area contributed by atoms with Crippen LogP contribution in [0.5, 0.6) is 0 Å². The summed E-state index contributed by atoms with van der Waals surface area (Å²) < 4.78 is 41.2. The molecule has 2 aromatic rings. The van der Waals surface area contributed by atoms with Gasteiger partial charge < -0.3 is 29.4 Å². The number of nitrogens with zero attached hydrogens (tertiary/aromatic N) is 3. The number of cyclic esters (lactones) is 2. The van der Waals surface area contributed by atoms with Crippen molar-refractivity contribution in [1.29, 1.82) is 15.8 Å². The Hall–Kier alpha value is -3.47. The molecule has 1 unspecified atom stereocenters. The summed E-state index contributed by atoms with van der Waals surface area (Å²) in [6.45, 7) is 64.9. The number of nitrogens with one attached hydrogen (secondary N) is 1. The van der Waals surface area contributed by atoms with Gasteiger partial charge in [0.1, 0.15) is 17.6 Å². The second-order valence-corrected chi connectivity index (χ2v) is 66.1. The number of ether oxygens (including phenoxy) is 1. The molecule has 3 aliphatic carbocycles. The van der Waals surface area contributed by atoms with Crippen LogP contribution in [0.4, 0.5) is 0 Å². The van der Waals surface area contributed by atoms with Gasteiger partial charge in [-0.1, -0.05) is 130 Å². The summed E-state index contributed by atoms with van der Waals surface area (Å²) in [5.74, 6) is -1.95. The third kappa shape index (κ3) is 37.7. The first-order valence-electron chi connectivity index (χ1n) is 31.4. The lowest BCUT2D eigenvalue weighted by molar-refractivity contribution is -0.150. The second-order valence-electron chi connectivity index (χ2n) is 27.5. The third-order valence-corrected chi connectivity index (χ3v) is 45.0. The van der Waals surface area contributed by atoms with Crippen LogP contribution in [0.2, 0.25) is 155 Å². The zero-order valence-corrected chi connectivity index (χ0v) is 71.0. The Morgan fingerprint density at radius 3 is 1.05 bits per heavy atom. The molecule has 4 aliphatic rings. The number of Topliss-reactive ketones (excluding diaryl/α,β-unsaturated/α-hetero) is 2. The van der Waals surface area contributed by atoms with Gasteiger partial charge in [-0.25, -0.2) is 14.4 Å². The summed E-state index contributed by atoms with van der Waals surface area (Å²) in [5.41, 5.74) is 3.32. The van der Waals surface area contributed by atoms with Gasteiger partial charge in [-0.2, -0.15) is 15.8 Å². The average Bonchev–Trinajstić information content (AvgIpc) is 0.733. The van der Waals surface area contributed by atoms with Crippen molar-refractivity contribution in [2.24, 2.45) is 5.41 Å². The smallest absolute Gasteiger partial charge is 0.338 e. The number of ketones is 2. The van der Waals surface area contributed by atoms with Crippen molar-refractivity contribution in [3.05, 3.63) is 107 Å². The Balaban J connectivity index is -0.000000524. The molecular weight excluding hydrogens is 1350 g/mol. The predicted octanol–water partition coefficient (Wildman–Crippen LogP) is 18.8. The molecule has 0 radical (unpaired) electrons. The number of benzene rings is 2.